The number of nitrogens with one attached hydrogen (secondary N) is 1. The summed E-state index contributed by atoms with van der Waals surface area (Å²) in [5, 5.41) is 22.6. The SMILES string of the molecule is CS(=O)(=O)[C@H]1CCC[C@H](Nc2ccc([N+](=O)[O-])cc2C#N)C1. The highest BCUT2D eigenvalue weighted by atomic mass is 32.2. The maximum Gasteiger partial charge on any atom is 0.270 e. The summed E-state index contributed by atoms with van der Waals surface area (Å²) in [6, 6.07) is 5.94. The van der Waals surface area contributed by atoms with Crippen molar-refractivity contribution in [2.45, 2.75) is 37.0 Å². The van der Waals surface area contributed by atoms with Crippen LogP contribution in [0.15, 0.2) is 18.2 Å². The van der Waals surface area contributed by atoms with Crippen molar-refractivity contribution in [1.29, 1.82) is 5.26 Å². The molecular weight excluding hydrogens is 306 g/mol. The molecule has 2 atom stereocenters. The van der Waals surface area contributed by atoms with Crippen LogP contribution in [0.1, 0.15) is 31.2 Å². The van der Waals surface area contributed by atoms with Crippen molar-refractivity contribution < 1.29 is 13.3 Å². The minimum Gasteiger partial charge on any atom is -0.381 e. The Morgan fingerprint density at radius 3 is 2.73 bits per heavy atom. The van der Waals surface area contributed by atoms with E-state index in [1.165, 1.54) is 24.5 Å². The van der Waals surface area contributed by atoms with Gasteiger partial charge in [0.2, 0.25) is 0 Å². The molecule has 0 heterocycles. The van der Waals surface area contributed by atoms with Crippen LogP contribution in [0.4, 0.5) is 11.4 Å². The molecule has 22 heavy (non-hydrogen) atoms. The summed E-state index contributed by atoms with van der Waals surface area (Å²) < 4.78 is 23.3. The number of benzene rings is 1. The second-order valence-electron chi connectivity index (χ2n) is 5.56. The predicted molar refractivity (Wildman–Crippen MR) is 82.3 cm³/mol. The van der Waals surface area contributed by atoms with Gasteiger partial charge in [0.15, 0.2) is 0 Å². The van der Waals surface area contributed by atoms with Crippen molar-refractivity contribution in [3.05, 3.63) is 33.9 Å². The zero-order chi connectivity index (χ0) is 16.3. The maximum absolute atomic E-state index is 11.7. The summed E-state index contributed by atoms with van der Waals surface area (Å²) in [5.41, 5.74) is 0.558. The van der Waals surface area contributed by atoms with Crippen LogP contribution in [-0.4, -0.2) is 30.9 Å². The number of nitrogens with zero attached hydrogens (tertiary/aromatic N) is 2. The zero-order valence-electron chi connectivity index (χ0n) is 12.2. The number of sulfone groups is 1. The average Bonchev–Trinajstić information content (AvgIpc) is 2.47. The normalized spacial score (nSPS) is 21.8. The standard InChI is InChI=1S/C14H17N3O4S/c1-22(20,21)13-4-2-3-11(8-13)16-14-6-5-12(17(18)19)7-10(14)9-15/h5-7,11,13,16H,2-4,8H2,1H3/t11-,13-/m0/s1. The first kappa shape index (κ1) is 16.2. The molecule has 0 amide bonds. The highest BCUT2D eigenvalue weighted by molar-refractivity contribution is 7.91. The van der Waals surface area contributed by atoms with E-state index in [1.54, 1.807) is 0 Å². The van der Waals surface area contributed by atoms with Gasteiger partial charge in [-0.15, -0.1) is 0 Å². The molecule has 1 N–H and O–H groups in total. The smallest absolute Gasteiger partial charge is 0.270 e. The Morgan fingerprint density at radius 2 is 2.14 bits per heavy atom. The zero-order valence-corrected chi connectivity index (χ0v) is 13.0. The van der Waals surface area contributed by atoms with E-state index in [1.807, 2.05) is 6.07 Å². The van der Waals surface area contributed by atoms with E-state index in [4.69, 9.17) is 5.26 Å². The molecule has 1 aliphatic carbocycles. The van der Waals surface area contributed by atoms with E-state index in [2.05, 4.69) is 5.32 Å². The Balaban J connectivity index is 2.17. The van der Waals surface area contributed by atoms with E-state index in [9.17, 15) is 18.5 Å². The van der Waals surface area contributed by atoms with Crippen molar-refractivity contribution in [1.82, 2.24) is 0 Å². The first-order valence-corrected chi connectivity index (χ1v) is 8.90. The van der Waals surface area contributed by atoms with Gasteiger partial charge in [0.1, 0.15) is 15.9 Å². The van der Waals surface area contributed by atoms with Crippen LogP contribution in [0.3, 0.4) is 0 Å². The Hall–Kier alpha value is -2.14. The fraction of sp³-hybridized carbons (Fsp3) is 0.500. The van der Waals surface area contributed by atoms with Crippen LogP contribution < -0.4 is 5.32 Å². The van der Waals surface area contributed by atoms with Crippen LogP contribution in [0, 0.1) is 21.4 Å². The largest absolute Gasteiger partial charge is 0.381 e. The third-order valence-electron chi connectivity index (χ3n) is 3.93. The van der Waals surface area contributed by atoms with E-state index in [0.29, 0.717) is 18.5 Å². The molecule has 1 aliphatic rings. The Labute approximate surface area is 129 Å². The summed E-state index contributed by atoms with van der Waals surface area (Å²) in [6.07, 6.45) is 3.99. The van der Waals surface area contributed by atoms with Crippen LogP contribution in [0.5, 0.6) is 0 Å². The number of anilines is 1. The number of hydrogen-bond acceptors (Lipinski definition) is 6. The van der Waals surface area contributed by atoms with Gasteiger partial charge in [-0.05, 0) is 25.3 Å². The van der Waals surface area contributed by atoms with Gasteiger partial charge in [0.25, 0.3) is 5.69 Å². The van der Waals surface area contributed by atoms with Crippen molar-refractivity contribution >= 4 is 21.2 Å². The first-order valence-electron chi connectivity index (χ1n) is 6.95. The highest BCUT2D eigenvalue weighted by Crippen LogP contribution is 2.28. The Morgan fingerprint density at radius 1 is 1.41 bits per heavy atom. The molecule has 0 saturated heterocycles. The van der Waals surface area contributed by atoms with E-state index in [-0.39, 0.29) is 22.5 Å². The van der Waals surface area contributed by atoms with Gasteiger partial charge >= 0.3 is 0 Å². The molecule has 8 heteroatoms. The van der Waals surface area contributed by atoms with Crippen molar-refractivity contribution in [2.75, 3.05) is 11.6 Å². The molecule has 1 aromatic carbocycles. The van der Waals surface area contributed by atoms with Crippen LogP contribution in [0.25, 0.3) is 0 Å². The molecular formula is C14H17N3O4S. The number of non-ortho nitro benzene ring substituents is 1. The molecule has 0 spiro atoms. The van der Waals surface area contributed by atoms with E-state index in [0.717, 1.165) is 12.8 Å². The van der Waals surface area contributed by atoms with Crippen molar-refractivity contribution in [3.63, 3.8) is 0 Å². The van der Waals surface area contributed by atoms with Crippen molar-refractivity contribution in [2.24, 2.45) is 0 Å². The van der Waals surface area contributed by atoms with Crippen LogP contribution in [-0.2, 0) is 9.84 Å². The average molecular weight is 323 g/mol. The van der Waals surface area contributed by atoms with Crippen LogP contribution >= 0.6 is 0 Å². The minimum absolute atomic E-state index is 0.0537. The quantitative estimate of drug-likeness (QED) is 0.671. The van der Waals surface area contributed by atoms with Gasteiger partial charge < -0.3 is 5.32 Å². The second kappa shape index (κ2) is 6.32. The number of rotatable bonds is 4. The number of nitro groups is 1. The first-order chi connectivity index (χ1) is 10.3. The van der Waals surface area contributed by atoms with Gasteiger partial charge in [-0.3, -0.25) is 10.1 Å². The summed E-state index contributed by atoms with van der Waals surface area (Å²) in [5.74, 6) is 0. The number of nitro benzene ring substituents is 1. The third-order valence-corrected chi connectivity index (χ3v) is 5.56. The summed E-state index contributed by atoms with van der Waals surface area (Å²) in [6.45, 7) is 0. The highest BCUT2D eigenvalue weighted by Gasteiger charge is 2.29. The van der Waals surface area contributed by atoms with Crippen molar-refractivity contribution in [3.8, 4) is 6.07 Å². The molecule has 1 fully saturated rings. The lowest BCUT2D eigenvalue weighted by molar-refractivity contribution is -0.384. The fourth-order valence-corrected chi connectivity index (χ4v) is 3.93. The molecule has 0 unspecified atom stereocenters. The molecule has 0 bridgehead atoms. The Bertz CT molecular complexity index is 724. The lowest BCUT2D eigenvalue weighted by Crippen LogP contribution is -2.34. The summed E-state index contributed by atoms with van der Waals surface area (Å²) >= 11 is 0. The minimum atomic E-state index is -3.08. The van der Waals surface area contributed by atoms with Gasteiger partial charge in [-0.2, -0.15) is 5.26 Å². The van der Waals surface area contributed by atoms with E-state index >= 15 is 0 Å². The molecule has 0 aromatic heterocycles. The molecule has 118 valence electrons. The third kappa shape index (κ3) is 3.74. The molecule has 1 aromatic rings. The number of nitriles is 1. The second-order valence-corrected chi connectivity index (χ2v) is 7.88. The monoisotopic (exact) mass is 323 g/mol. The Kier molecular flexibility index (Phi) is 4.66. The topological polar surface area (TPSA) is 113 Å². The molecule has 2 rings (SSSR count). The molecule has 0 aliphatic heterocycles. The summed E-state index contributed by atoms with van der Waals surface area (Å²) in [7, 11) is -3.08. The maximum atomic E-state index is 11.7. The van der Waals surface area contributed by atoms with Gasteiger partial charge in [0.05, 0.1) is 21.4 Å². The van der Waals surface area contributed by atoms with Gasteiger partial charge in [-0.1, -0.05) is 6.42 Å². The fourth-order valence-electron chi connectivity index (χ4n) is 2.75. The molecule has 0 radical (unpaired) electrons. The molecule has 7 nitrogen and oxygen atoms in total. The van der Waals surface area contributed by atoms with Gasteiger partial charge in [0, 0.05) is 24.4 Å². The van der Waals surface area contributed by atoms with Gasteiger partial charge in [-0.25, -0.2) is 8.42 Å². The molecule has 1 saturated carbocycles. The lowest BCUT2D eigenvalue weighted by atomic mass is 9.94. The summed E-state index contributed by atoms with van der Waals surface area (Å²) in [4.78, 5) is 10.2. The number of hydrogen-bond donors (Lipinski definition) is 1. The van der Waals surface area contributed by atoms with E-state index < -0.39 is 14.8 Å². The predicted octanol–water partition coefficient (Wildman–Crippen LogP) is 2.23. The van der Waals surface area contributed by atoms with Crippen LogP contribution in [0.2, 0.25) is 0 Å². The lowest BCUT2D eigenvalue weighted by Gasteiger charge is -2.29.